The molecule has 0 heterocycles. The summed E-state index contributed by atoms with van der Waals surface area (Å²) in [6.45, 7) is 6.35. The number of aliphatic hydroxyl groups excluding tert-OH is 1. The highest BCUT2D eigenvalue weighted by atomic mass is 79.9. The smallest absolute Gasteiger partial charge is 0.119 e. The van der Waals surface area contributed by atoms with Gasteiger partial charge in [0.1, 0.15) is 5.75 Å². The summed E-state index contributed by atoms with van der Waals surface area (Å²) in [4.78, 5) is 0. The van der Waals surface area contributed by atoms with Gasteiger partial charge in [0.2, 0.25) is 0 Å². The predicted molar refractivity (Wildman–Crippen MR) is 69.6 cm³/mol. The van der Waals surface area contributed by atoms with E-state index in [1.807, 2.05) is 31.2 Å². The average Bonchev–Trinajstić information content (AvgIpc) is 2.31. The highest BCUT2D eigenvalue weighted by Gasteiger charge is 2.18. The molecule has 0 aromatic heterocycles. The van der Waals surface area contributed by atoms with Crippen LogP contribution in [0.4, 0.5) is 0 Å². The Hall–Kier alpha value is -0.800. The van der Waals surface area contributed by atoms with Crippen molar-refractivity contribution in [1.29, 1.82) is 0 Å². The van der Waals surface area contributed by atoms with E-state index >= 15 is 0 Å². The van der Waals surface area contributed by atoms with Crippen LogP contribution in [0.15, 0.2) is 41.4 Å². The van der Waals surface area contributed by atoms with Crippen molar-refractivity contribution >= 4 is 15.9 Å². The molecule has 0 aliphatic heterocycles. The molecular formula is C13H17BrO2. The zero-order valence-corrected chi connectivity index (χ0v) is 11.0. The van der Waals surface area contributed by atoms with Gasteiger partial charge in [-0.1, -0.05) is 28.9 Å². The van der Waals surface area contributed by atoms with Gasteiger partial charge >= 0.3 is 0 Å². The molecule has 0 spiro atoms. The zero-order chi connectivity index (χ0) is 12.0. The Kier molecular flexibility index (Phi) is 5.03. The normalized spacial score (nSPS) is 14.2. The molecule has 3 heteroatoms. The number of ether oxygens (including phenoxy) is 1. The third-order valence-electron chi connectivity index (χ3n) is 2.61. The summed E-state index contributed by atoms with van der Waals surface area (Å²) >= 11 is 3.37. The lowest BCUT2D eigenvalue weighted by molar-refractivity contribution is 0.151. The van der Waals surface area contributed by atoms with Crippen molar-refractivity contribution in [3.05, 3.63) is 41.4 Å². The van der Waals surface area contributed by atoms with E-state index in [0.717, 1.165) is 16.6 Å². The summed E-state index contributed by atoms with van der Waals surface area (Å²) in [7, 11) is 0. The summed E-state index contributed by atoms with van der Waals surface area (Å²) in [5.41, 5.74) is -0.255. The van der Waals surface area contributed by atoms with Gasteiger partial charge in [-0.05, 0) is 30.7 Å². The Labute approximate surface area is 105 Å². The van der Waals surface area contributed by atoms with E-state index in [-0.39, 0.29) is 12.0 Å². The lowest BCUT2D eigenvalue weighted by Gasteiger charge is -2.22. The maximum atomic E-state index is 9.19. The van der Waals surface area contributed by atoms with Crippen LogP contribution in [0.2, 0.25) is 0 Å². The summed E-state index contributed by atoms with van der Waals surface area (Å²) in [6, 6.07) is 7.70. The first kappa shape index (κ1) is 13.3. The summed E-state index contributed by atoms with van der Waals surface area (Å²) in [5, 5.41) is 9.19. The standard InChI is InChI=1S/C13H17BrO2/c1-3-13(2,10-15)8-9-16-12-6-4-11(14)5-7-12/h3-7,15H,1,8-10H2,2H3. The summed E-state index contributed by atoms with van der Waals surface area (Å²) in [6.07, 6.45) is 2.53. The van der Waals surface area contributed by atoms with Gasteiger partial charge in [0.25, 0.3) is 0 Å². The van der Waals surface area contributed by atoms with Crippen LogP contribution in [0.25, 0.3) is 0 Å². The Balaban J connectivity index is 2.41. The number of benzene rings is 1. The molecule has 16 heavy (non-hydrogen) atoms. The number of hydrogen-bond acceptors (Lipinski definition) is 2. The third-order valence-corrected chi connectivity index (χ3v) is 3.14. The van der Waals surface area contributed by atoms with E-state index in [4.69, 9.17) is 4.74 Å². The molecule has 1 aromatic rings. The highest BCUT2D eigenvalue weighted by Crippen LogP contribution is 2.22. The number of rotatable bonds is 6. The van der Waals surface area contributed by atoms with Gasteiger partial charge in [-0.2, -0.15) is 0 Å². The maximum Gasteiger partial charge on any atom is 0.119 e. The fraction of sp³-hybridized carbons (Fsp3) is 0.385. The minimum atomic E-state index is -0.255. The van der Waals surface area contributed by atoms with E-state index in [0.29, 0.717) is 6.61 Å². The first-order chi connectivity index (χ1) is 7.59. The van der Waals surface area contributed by atoms with Gasteiger partial charge < -0.3 is 9.84 Å². The Morgan fingerprint density at radius 2 is 2.06 bits per heavy atom. The molecule has 1 aromatic carbocycles. The molecule has 0 saturated carbocycles. The molecule has 2 nitrogen and oxygen atoms in total. The average molecular weight is 285 g/mol. The molecule has 0 amide bonds. The van der Waals surface area contributed by atoms with Crippen LogP contribution in [-0.2, 0) is 0 Å². The first-order valence-electron chi connectivity index (χ1n) is 5.22. The molecule has 1 atom stereocenters. The van der Waals surface area contributed by atoms with Gasteiger partial charge in [0.05, 0.1) is 13.2 Å². The second kappa shape index (κ2) is 6.06. The SMILES string of the molecule is C=CC(C)(CO)CCOc1ccc(Br)cc1. The van der Waals surface area contributed by atoms with E-state index in [9.17, 15) is 5.11 Å². The summed E-state index contributed by atoms with van der Waals surface area (Å²) in [5.74, 6) is 0.840. The van der Waals surface area contributed by atoms with Crippen molar-refractivity contribution in [1.82, 2.24) is 0 Å². The number of aliphatic hydroxyl groups is 1. The van der Waals surface area contributed by atoms with Crippen molar-refractivity contribution in [2.24, 2.45) is 5.41 Å². The highest BCUT2D eigenvalue weighted by molar-refractivity contribution is 9.10. The monoisotopic (exact) mass is 284 g/mol. The molecule has 1 N–H and O–H groups in total. The van der Waals surface area contributed by atoms with E-state index in [2.05, 4.69) is 22.5 Å². The molecule has 0 fully saturated rings. The number of hydrogen-bond donors (Lipinski definition) is 1. The molecule has 0 aliphatic carbocycles. The second-order valence-electron chi connectivity index (χ2n) is 4.07. The van der Waals surface area contributed by atoms with Crippen molar-refractivity contribution < 1.29 is 9.84 Å². The Bertz CT molecular complexity index is 334. The van der Waals surface area contributed by atoms with Gasteiger partial charge in [-0.3, -0.25) is 0 Å². The quantitative estimate of drug-likeness (QED) is 0.812. The van der Waals surface area contributed by atoms with Gasteiger partial charge in [-0.25, -0.2) is 0 Å². The second-order valence-corrected chi connectivity index (χ2v) is 4.98. The van der Waals surface area contributed by atoms with E-state index < -0.39 is 0 Å². The van der Waals surface area contributed by atoms with Gasteiger partial charge in [0, 0.05) is 9.89 Å². The number of halogens is 1. The fourth-order valence-electron chi connectivity index (χ4n) is 1.18. The van der Waals surface area contributed by atoms with Crippen molar-refractivity contribution in [2.75, 3.05) is 13.2 Å². The topological polar surface area (TPSA) is 29.5 Å². The van der Waals surface area contributed by atoms with Gasteiger partial charge in [-0.15, -0.1) is 6.58 Å². The molecule has 88 valence electrons. The molecule has 1 unspecified atom stereocenters. The molecule has 0 bridgehead atoms. The van der Waals surface area contributed by atoms with Crippen LogP contribution >= 0.6 is 15.9 Å². The Morgan fingerprint density at radius 3 is 2.56 bits per heavy atom. The Morgan fingerprint density at radius 1 is 1.44 bits per heavy atom. The molecular weight excluding hydrogens is 268 g/mol. The molecule has 1 rings (SSSR count). The maximum absolute atomic E-state index is 9.19. The van der Waals surface area contributed by atoms with Crippen LogP contribution in [0.5, 0.6) is 5.75 Å². The molecule has 0 saturated heterocycles. The van der Waals surface area contributed by atoms with Crippen LogP contribution in [0.3, 0.4) is 0 Å². The van der Waals surface area contributed by atoms with Crippen LogP contribution in [0, 0.1) is 5.41 Å². The van der Waals surface area contributed by atoms with Crippen molar-refractivity contribution in [3.8, 4) is 5.75 Å². The molecule has 0 radical (unpaired) electrons. The van der Waals surface area contributed by atoms with Crippen molar-refractivity contribution in [2.45, 2.75) is 13.3 Å². The fourth-order valence-corrected chi connectivity index (χ4v) is 1.44. The zero-order valence-electron chi connectivity index (χ0n) is 9.45. The van der Waals surface area contributed by atoms with Gasteiger partial charge in [0.15, 0.2) is 0 Å². The van der Waals surface area contributed by atoms with Crippen LogP contribution in [-0.4, -0.2) is 18.3 Å². The largest absolute Gasteiger partial charge is 0.494 e. The first-order valence-corrected chi connectivity index (χ1v) is 6.02. The summed E-state index contributed by atoms with van der Waals surface area (Å²) < 4.78 is 6.61. The molecule has 0 aliphatic rings. The third kappa shape index (κ3) is 3.99. The van der Waals surface area contributed by atoms with E-state index in [1.165, 1.54) is 0 Å². The van der Waals surface area contributed by atoms with E-state index in [1.54, 1.807) is 6.08 Å². The lowest BCUT2D eigenvalue weighted by Crippen LogP contribution is -2.21. The van der Waals surface area contributed by atoms with Crippen LogP contribution < -0.4 is 4.74 Å². The van der Waals surface area contributed by atoms with Crippen LogP contribution in [0.1, 0.15) is 13.3 Å². The minimum absolute atomic E-state index is 0.0974. The van der Waals surface area contributed by atoms with Crippen molar-refractivity contribution in [3.63, 3.8) is 0 Å². The lowest BCUT2D eigenvalue weighted by atomic mass is 9.88. The predicted octanol–water partition coefficient (Wildman–Crippen LogP) is 3.40. The minimum Gasteiger partial charge on any atom is -0.494 e.